The van der Waals surface area contributed by atoms with E-state index in [4.69, 9.17) is 4.74 Å². The lowest BCUT2D eigenvalue weighted by atomic mass is 10.0. The highest BCUT2D eigenvalue weighted by Gasteiger charge is 2.32. The summed E-state index contributed by atoms with van der Waals surface area (Å²) >= 11 is 0. The highest BCUT2D eigenvalue weighted by Crippen LogP contribution is 2.31. The number of rotatable bonds is 8. The van der Waals surface area contributed by atoms with Crippen LogP contribution in [-0.4, -0.2) is 51.6 Å². The van der Waals surface area contributed by atoms with Gasteiger partial charge >= 0.3 is 6.18 Å². The lowest BCUT2D eigenvalue weighted by Crippen LogP contribution is -2.38. The smallest absolute Gasteiger partial charge is 0.416 e. The summed E-state index contributed by atoms with van der Waals surface area (Å²) in [6.45, 7) is 2.61. The minimum absolute atomic E-state index is 0.00752. The van der Waals surface area contributed by atoms with Gasteiger partial charge in [0.05, 0.1) is 17.1 Å². The van der Waals surface area contributed by atoms with Crippen LogP contribution in [0.1, 0.15) is 18.9 Å². The fraction of sp³-hybridized carbons (Fsp3) is 0.588. The predicted molar refractivity (Wildman–Crippen MR) is 94.2 cm³/mol. The maximum Gasteiger partial charge on any atom is 0.416 e. The molecule has 1 aromatic carbocycles. The minimum Gasteiger partial charge on any atom is -0.489 e. The molecule has 0 aliphatic carbocycles. The standard InChI is InChI=1S/C17H23F3N2O4S/c1-12(23)22-8-9-27(24,25)11-16(13-6-7-21-10-13)26-15-4-2-14(3-5-15)17(18,19)20/h2-5,13,16,21H,6-11H2,1H3,(H,22,23)/t13-,16+/m0/s1. The van der Waals surface area contributed by atoms with Crippen LogP contribution in [0.3, 0.4) is 0 Å². The lowest BCUT2D eigenvalue weighted by Gasteiger charge is -2.24. The van der Waals surface area contributed by atoms with Crippen molar-refractivity contribution in [2.24, 2.45) is 5.92 Å². The summed E-state index contributed by atoms with van der Waals surface area (Å²) in [4.78, 5) is 10.9. The third kappa shape index (κ3) is 7.02. The fourth-order valence-electron chi connectivity index (χ4n) is 2.87. The van der Waals surface area contributed by atoms with Gasteiger partial charge in [-0.1, -0.05) is 0 Å². The molecule has 1 aromatic rings. The molecule has 0 radical (unpaired) electrons. The van der Waals surface area contributed by atoms with Crippen molar-refractivity contribution in [1.29, 1.82) is 0 Å². The molecule has 152 valence electrons. The number of halogens is 3. The van der Waals surface area contributed by atoms with E-state index in [1.807, 2.05) is 0 Å². The fourth-order valence-corrected chi connectivity index (χ4v) is 4.29. The van der Waals surface area contributed by atoms with E-state index in [2.05, 4.69) is 10.6 Å². The van der Waals surface area contributed by atoms with Crippen LogP contribution < -0.4 is 15.4 Å². The van der Waals surface area contributed by atoms with Crippen LogP contribution in [0.15, 0.2) is 24.3 Å². The number of hydrogen-bond donors (Lipinski definition) is 2. The molecule has 0 bridgehead atoms. The van der Waals surface area contributed by atoms with Gasteiger partial charge in [0.2, 0.25) is 5.91 Å². The molecule has 0 saturated carbocycles. The number of nitrogens with one attached hydrogen (secondary N) is 2. The number of benzene rings is 1. The molecule has 1 fully saturated rings. The average Bonchev–Trinajstić information content (AvgIpc) is 3.07. The molecule has 1 amide bonds. The largest absolute Gasteiger partial charge is 0.489 e. The maximum atomic E-state index is 12.7. The van der Waals surface area contributed by atoms with Crippen molar-refractivity contribution in [2.45, 2.75) is 25.6 Å². The van der Waals surface area contributed by atoms with E-state index in [1.54, 1.807) is 0 Å². The third-order valence-corrected chi connectivity index (χ3v) is 5.96. The molecule has 2 atom stereocenters. The molecular weight excluding hydrogens is 385 g/mol. The van der Waals surface area contributed by atoms with E-state index in [-0.39, 0.29) is 35.6 Å². The number of carbonyl (C=O) groups is 1. The average molecular weight is 408 g/mol. The van der Waals surface area contributed by atoms with Gasteiger partial charge in [0.25, 0.3) is 0 Å². The quantitative estimate of drug-likeness (QED) is 0.683. The van der Waals surface area contributed by atoms with Gasteiger partial charge < -0.3 is 15.4 Å². The Kier molecular flexibility index (Phi) is 7.10. The molecule has 1 aliphatic heterocycles. The van der Waals surface area contributed by atoms with Gasteiger partial charge in [-0.3, -0.25) is 4.79 Å². The predicted octanol–water partition coefficient (Wildman–Crippen LogP) is 1.61. The first-order valence-electron chi connectivity index (χ1n) is 8.56. The van der Waals surface area contributed by atoms with Crippen LogP contribution in [0.2, 0.25) is 0 Å². The number of hydrogen-bond acceptors (Lipinski definition) is 5. The SMILES string of the molecule is CC(=O)NCCS(=O)(=O)C[C@@H](Oc1ccc(C(F)(F)F)cc1)[C@H]1CCNC1. The molecule has 1 aliphatic rings. The van der Waals surface area contributed by atoms with E-state index < -0.39 is 27.7 Å². The number of carbonyl (C=O) groups excluding carboxylic acids is 1. The Labute approximate surface area is 156 Å². The summed E-state index contributed by atoms with van der Waals surface area (Å²) in [6, 6.07) is 4.21. The Hall–Kier alpha value is -1.81. The Balaban J connectivity index is 2.07. The normalized spacial score (nSPS) is 18.9. The van der Waals surface area contributed by atoms with Crippen molar-refractivity contribution in [3.8, 4) is 5.75 Å². The summed E-state index contributed by atoms with van der Waals surface area (Å²) in [5.41, 5.74) is -0.795. The van der Waals surface area contributed by atoms with Gasteiger partial charge in [-0.05, 0) is 37.2 Å². The molecule has 6 nitrogen and oxygen atoms in total. The summed E-state index contributed by atoms with van der Waals surface area (Å²) in [7, 11) is -3.51. The topological polar surface area (TPSA) is 84.5 Å². The highest BCUT2D eigenvalue weighted by molar-refractivity contribution is 7.91. The van der Waals surface area contributed by atoms with Crippen molar-refractivity contribution in [2.75, 3.05) is 31.1 Å². The van der Waals surface area contributed by atoms with Crippen molar-refractivity contribution < 1.29 is 31.1 Å². The second-order valence-corrected chi connectivity index (χ2v) is 8.76. The van der Waals surface area contributed by atoms with Crippen molar-refractivity contribution in [1.82, 2.24) is 10.6 Å². The highest BCUT2D eigenvalue weighted by atomic mass is 32.2. The van der Waals surface area contributed by atoms with Gasteiger partial charge in [-0.25, -0.2) is 8.42 Å². The molecule has 0 aromatic heterocycles. The Bertz CT molecular complexity index is 730. The zero-order valence-electron chi connectivity index (χ0n) is 14.9. The van der Waals surface area contributed by atoms with Gasteiger partial charge in [0.1, 0.15) is 11.9 Å². The second kappa shape index (κ2) is 8.92. The van der Waals surface area contributed by atoms with E-state index in [0.717, 1.165) is 18.7 Å². The first-order valence-corrected chi connectivity index (χ1v) is 10.4. The Morgan fingerprint density at radius 2 is 2.00 bits per heavy atom. The molecule has 1 heterocycles. The van der Waals surface area contributed by atoms with Gasteiger partial charge in [0.15, 0.2) is 9.84 Å². The molecule has 2 N–H and O–H groups in total. The summed E-state index contributed by atoms with van der Waals surface area (Å²) < 4.78 is 68.5. The molecular formula is C17H23F3N2O4S. The lowest BCUT2D eigenvalue weighted by molar-refractivity contribution is -0.137. The van der Waals surface area contributed by atoms with Gasteiger partial charge in [-0.15, -0.1) is 0 Å². The molecule has 2 rings (SSSR count). The van der Waals surface area contributed by atoms with Crippen molar-refractivity contribution >= 4 is 15.7 Å². The number of ether oxygens (including phenoxy) is 1. The molecule has 10 heteroatoms. The van der Waals surface area contributed by atoms with Crippen LogP contribution in [0, 0.1) is 5.92 Å². The molecule has 0 spiro atoms. The van der Waals surface area contributed by atoms with Crippen molar-refractivity contribution in [3.63, 3.8) is 0 Å². The molecule has 27 heavy (non-hydrogen) atoms. The molecule has 0 unspecified atom stereocenters. The van der Waals surface area contributed by atoms with Gasteiger partial charge in [0, 0.05) is 25.9 Å². The second-order valence-electron chi connectivity index (χ2n) is 6.53. The zero-order valence-corrected chi connectivity index (χ0v) is 15.7. The van der Waals surface area contributed by atoms with Crippen molar-refractivity contribution in [3.05, 3.63) is 29.8 Å². The monoisotopic (exact) mass is 408 g/mol. The van der Waals surface area contributed by atoms with Crippen LogP contribution >= 0.6 is 0 Å². The molecule has 1 saturated heterocycles. The van der Waals surface area contributed by atoms with E-state index >= 15 is 0 Å². The van der Waals surface area contributed by atoms with Gasteiger partial charge in [-0.2, -0.15) is 13.2 Å². The van der Waals surface area contributed by atoms with Crippen LogP contribution in [0.5, 0.6) is 5.75 Å². The minimum atomic E-state index is -4.44. The van der Waals surface area contributed by atoms with E-state index in [1.165, 1.54) is 19.1 Å². The van der Waals surface area contributed by atoms with E-state index in [0.29, 0.717) is 13.0 Å². The number of alkyl halides is 3. The first-order chi connectivity index (χ1) is 12.6. The zero-order chi connectivity index (χ0) is 20.1. The first kappa shape index (κ1) is 21.5. The number of amides is 1. The van der Waals surface area contributed by atoms with Crippen LogP contribution in [-0.2, 0) is 20.8 Å². The Morgan fingerprint density at radius 1 is 1.33 bits per heavy atom. The maximum absolute atomic E-state index is 12.7. The third-order valence-electron chi connectivity index (χ3n) is 4.30. The van der Waals surface area contributed by atoms with Crippen LogP contribution in [0.4, 0.5) is 13.2 Å². The summed E-state index contributed by atoms with van der Waals surface area (Å²) in [6.07, 6.45) is -4.41. The van der Waals surface area contributed by atoms with Crippen LogP contribution in [0.25, 0.3) is 0 Å². The Morgan fingerprint density at radius 3 is 2.52 bits per heavy atom. The number of sulfone groups is 1. The van der Waals surface area contributed by atoms with E-state index in [9.17, 15) is 26.4 Å². The summed E-state index contributed by atoms with van der Waals surface area (Å²) in [5.74, 6) is -0.679. The summed E-state index contributed by atoms with van der Waals surface area (Å²) in [5, 5.41) is 5.57.